The number of nitriles is 1. The number of hydrogen-bond acceptors (Lipinski definition) is 4. The number of anilines is 1. The van der Waals surface area contributed by atoms with Crippen LogP contribution in [0.5, 0.6) is 0 Å². The van der Waals surface area contributed by atoms with Gasteiger partial charge in [-0.3, -0.25) is 4.79 Å². The van der Waals surface area contributed by atoms with E-state index in [4.69, 9.17) is 0 Å². The highest BCUT2D eigenvalue weighted by atomic mass is 19.4. The molecule has 10 heteroatoms. The van der Waals surface area contributed by atoms with E-state index >= 15 is 0 Å². The fourth-order valence-electron chi connectivity index (χ4n) is 3.51. The molecule has 0 fully saturated rings. The molecule has 1 aromatic heterocycles. The smallest absolute Gasteiger partial charge is 0.384 e. The molecule has 1 aliphatic rings. The minimum absolute atomic E-state index is 0.00979. The minimum atomic E-state index is -4.85. The summed E-state index contributed by atoms with van der Waals surface area (Å²) in [6, 6.07) is 6.33. The SMILES string of the molecule is C=C/C=C\C=C(/C)C(O)c1cccc(F)c1NC(=O)c1cc(C(F)(F)F)nn1C1=CC=CC(C#N)C1. The Hall–Kier alpha value is -4.23. The molecule has 2 atom stereocenters. The summed E-state index contributed by atoms with van der Waals surface area (Å²) in [6.07, 6.45) is 4.70. The van der Waals surface area contributed by atoms with Crippen LogP contribution >= 0.6 is 0 Å². The molecule has 1 amide bonds. The number of benzene rings is 1. The van der Waals surface area contributed by atoms with Gasteiger partial charge in [0.25, 0.3) is 5.91 Å². The Morgan fingerprint density at radius 3 is 2.81 bits per heavy atom. The van der Waals surface area contributed by atoms with Gasteiger partial charge in [0.2, 0.25) is 0 Å². The zero-order valence-electron chi connectivity index (χ0n) is 19.1. The molecule has 0 saturated carbocycles. The normalized spacial score (nSPS) is 17.0. The lowest BCUT2D eigenvalue weighted by molar-refractivity contribution is -0.141. The van der Waals surface area contributed by atoms with Crippen LogP contribution in [0.4, 0.5) is 23.2 Å². The molecule has 1 aliphatic carbocycles. The van der Waals surface area contributed by atoms with Crippen molar-refractivity contribution < 1.29 is 27.5 Å². The molecule has 6 nitrogen and oxygen atoms in total. The Bertz CT molecular complexity index is 1330. The van der Waals surface area contributed by atoms with Crippen LogP contribution in [-0.4, -0.2) is 20.8 Å². The molecular formula is C26H22F4N4O2. The van der Waals surface area contributed by atoms with Gasteiger partial charge in [-0.25, -0.2) is 9.07 Å². The molecule has 0 saturated heterocycles. The number of rotatable bonds is 7. The van der Waals surface area contributed by atoms with Crippen LogP contribution in [0.3, 0.4) is 0 Å². The summed E-state index contributed by atoms with van der Waals surface area (Å²) in [4.78, 5) is 13.1. The number of carbonyl (C=O) groups excluding carboxylic acids is 1. The first-order chi connectivity index (χ1) is 17.1. The van der Waals surface area contributed by atoms with Crippen molar-refractivity contribution in [2.24, 2.45) is 5.92 Å². The monoisotopic (exact) mass is 498 g/mol. The molecule has 2 N–H and O–H groups in total. The highest BCUT2D eigenvalue weighted by molar-refractivity contribution is 6.04. The molecule has 0 spiro atoms. The van der Waals surface area contributed by atoms with Crippen molar-refractivity contribution in [3.63, 3.8) is 0 Å². The number of aliphatic hydroxyl groups excluding tert-OH is 1. The molecule has 3 rings (SSSR count). The van der Waals surface area contributed by atoms with E-state index in [1.54, 1.807) is 31.2 Å². The third kappa shape index (κ3) is 5.87. The Morgan fingerprint density at radius 1 is 1.39 bits per heavy atom. The number of carbonyl (C=O) groups is 1. The molecule has 0 bridgehead atoms. The zero-order valence-corrected chi connectivity index (χ0v) is 19.1. The van der Waals surface area contributed by atoms with Crippen LogP contribution in [0.2, 0.25) is 0 Å². The van der Waals surface area contributed by atoms with E-state index in [-0.39, 0.29) is 23.4 Å². The number of alkyl halides is 3. The van der Waals surface area contributed by atoms with E-state index in [1.807, 2.05) is 6.07 Å². The lowest BCUT2D eigenvalue weighted by atomic mass is 9.99. The fraction of sp³-hybridized carbons (Fsp3) is 0.192. The molecule has 186 valence electrons. The van der Waals surface area contributed by atoms with Crippen molar-refractivity contribution in [3.05, 3.63) is 102 Å². The fourth-order valence-corrected chi connectivity index (χ4v) is 3.51. The maximum Gasteiger partial charge on any atom is 0.435 e. The number of para-hydroxylation sites is 1. The van der Waals surface area contributed by atoms with Gasteiger partial charge in [0.15, 0.2) is 5.69 Å². The van der Waals surface area contributed by atoms with Gasteiger partial charge in [0, 0.05) is 23.7 Å². The summed E-state index contributed by atoms with van der Waals surface area (Å²) < 4.78 is 55.9. The van der Waals surface area contributed by atoms with Gasteiger partial charge in [0.05, 0.1) is 17.7 Å². The molecule has 2 aromatic rings. The third-order valence-corrected chi connectivity index (χ3v) is 5.35. The number of nitrogens with one attached hydrogen (secondary N) is 1. The quantitative estimate of drug-likeness (QED) is 0.364. The zero-order chi connectivity index (χ0) is 26.5. The number of amides is 1. The lowest BCUT2D eigenvalue weighted by Crippen LogP contribution is -2.20. The van der Waals surface area contributed by atoms with Gasteiger partial charge in [0.1, 0.15) is 17.6 Å². The molecular weight excluding hydrogens is 476 g/mol. The average Bonchev–Trinajstić information content (AvgIpc) is 3.31. The molecule has 0 aliphatic heterocycles. The Kier molecular flexibility index (Phi) is 8.07. The van der Waals surface area contributed by atoms with Crippen LogP contribution in [0.1, 0.15) is 41.2 Å². The summed E-state index contributed by atoms with van der Waals surface area (Å²) in [5.41, 5.74) is -1.60. The summed E-state index contributed by atoms with van der Waals surface area (Å²) in [7, 11) is 0. The average molecular weight is 498 g/mol. The lowest BCUT2D eigenvalue weighted by Gasteiger charge is -2.19. The first kappa shape index (κ1) is 26.4. The molecule has 1 aromatic carbocycles. The van der Waals surface area contributed by atoms with Crippen molar-refractivity contribution in [2.75, 3.05) is 5.32 Å². The highest BCUT2D eigenvalue weighted by Crippen LogP contribution is 2.33. The van der Waals surface area contributed by atoms with E-state index in [2.05, 4.69) is 17.0 Å². The van der Waals surface area contributed by atoms with Crippen LogP contribution in [0.25, 0.3) is 5.70 Å². The van der Waals surface area contributed by atoms with E-state index in [9.17, 15) is 32.7 Å². The van der Waals surface area contributed by atoms with Gasteiger partial charge < -0.3 is 10.4 Å². The second-order valence-electron chi connectivity index (χ2n) is 7.90. The van der Waals surface area contributed by atoms with Gasteiger partial charge in [-0.05, 0) is 24.6 Å². The van der Waals surface area contributed by atoms with Gasteiger partial charge >= 0.3 is 6.18 Å². The number of allylic oxidation sites excluding steroid dienone is 8. The predicted octanol–water partition coefficient (Wildman–Crippen LogP) is 5.96. The highest BCUT2D eigenvalue weighted by Gasteiger charge is 2.37. The van der Waals surface area contributed by atoms with Gasteiger partial charge in [-0.2, -0.15) is 23.5 Å². The van der Waals surface area contributed by atoms with E-state index < -0.39 is 41.3 Å². The van der Waals surface area contributed by atoms with Crippen molar-refractivity contribution in [1.82, 2.24) is 9.78 Å². The van der Waals surface area contributed by atoms with Crippen LogP contribution < -0.4 is 5.32 Å². The van der Waals surface area contributed by atoms with Crippen molar-refractivity contribution in [1.29, 1.82) is 5.26 Å². The predicted molar refractivity (Wildman–Crippen MR) is 127 cm³/mol. The van der Waals surface area contributed by atoms with Crippen molar-refractivity contribution in [2.45, 2.75) is 25.6 Å². The largest absolute Gasteiger partial charge is 0.435 e. The third-order valence-electron chi connectivity index (χ3n) is 5.35. The number of aliphatic hydroxyl groups is 1. The van der Waals surface area contributed by atoms with E-state index in [1.165, 1.54) is 30.4 Å². The maximum atomic E-state index is 14.8. The van der Waals surface area contributed by atoms with E-state index in [0.717, 1.165) is 10.7 Å². The van der Waals surface area contributed by atoms with Crippen LogP contribution in [0, 0.1) is 23.1 Å². The van der Waals surface area contributed by atoms with Crippen molar-refractivity contribution in [3.8, 4) is 6.07 Å². The number of aromatic nitrogens is 2. The minimum Gasteiger partial charge on any atom is -0.384 e. The molecule has 36 heavy (non-hydrogen) atoms. The van der Waals surface area contributed by atoms with Gasteiger partial charge in [-0.1, -0.05) is 55.2 Å². The summed E-state index contributed by atoms with van der Waals surface area (Å²) >= 11 is 0. The topological polar surface area (TPSA) is 90.9 Å². The van der Waals surface area contributed by atoms with Gasteiger partial charge in [-0.15, -0.1) is 0 Å². The van der Waals surface area contributed by atoms with Crippen LogP contribution in [0.15, 0.2) is 78.9 Å². The molecule has 2 unspecified atom stereocenters. The molecule has 1 heterocycles. The van der Waals surface area contributed by atoms with E-state index in [0.29, 0.717) is 11.6 Å². The molecule has 0 radical (unpaired) electrons. The Labute approximate surface area is 204 Å². The Morgan fingerprint density at radius 2 is 2.14 bits per heavy atom. The Balaban J connectivity index is 2.03. The first-order valence-electron chi connectivity index (χ1n) is 10.7. The second kappa shape index (κ2) is 11.0. The van der Waals surface area contributed by atoms with Crippen molar-refractivity contribution >= 4 is 17.3 Å². The number of halogens is 4. The number of hydrogen-bond donors (Lipinski definition) is 2. The summed E-state index contributed by atoms with van der Waals surface area (Å²) in [5, 5.41) is 25.8. The maximum absolute atomic E-state index is 14.8. The summed E-state index contributed by atoms with van der Waals surface area (Å²) in [6.45, 7) is 5.13. The second-order valence-corrected chi connectivity index (χ2v) is 7.90. The number of nitrogens with zero attached hydrogens (tertiary/aromatic N) is 3. The first-order valence-corrected chi connectivity index (χ1v) is 10.7. The standard InChI is InChI=1S/C26H22F4N4O2/c1-3-4-5-8-16(2)24(35)19-11-7-12-20(27)23(19)32-25(36)21-14-22(26(28,29)30)33-34(21)18-10-6-9-17(13-18)15-31/h3-12,14,17,24,35H,1,13H2,2H3,(H,32,36)/b5-4-,16-8+. The summed E-state index contributed by atoms with van der Waals surface area (Å²) in [5.74, 6) is -2.58. The van der Waals surface area contributed by atoms with Crippen LogP contribution in [-0.2, 0) is 6.18 Å².